The van der Waals surface area contributed by atoms with Crippen molar-refractivity contribution in [2.24, 2.45) is 0 Å². The van der Waals surface area contributed by atoms with E-state index < -0.39 is 0 Å². The van der Waals surface area contributed by atoms with Crippen molar-refractivity contribution in [3.05, 3.63) is 78.8 Å². The van der Waals surface area contributed by atoms with Gasteiger partial charge >= 0.3 is 0 Å². The number of para-hydroxylation sites is 1. The second-order valence-corrected chi connectivity index (χ2v) is 8.13. The fourth-order valence-corrected chi connectivity index (χ4v) is 3.88. The predicted molar refractivity (Wildman–Crippen MR) is 120 cm³/mol. The Bertz CT molecular complexity index is 1140. The molecule has 7 nitrogen and oxygen atoms in total. The fourth-order valence-electron chi connectivity index (χ4n) is 3.03. The van der Waals surface area contributed by atoms with E-state index in [2.05, 4.69) is 15.5 Å². The van der Waals surface area contributed by atoms with Crippen molar-refractivity contribution in [3.8, 4) is 17.1 Å². The number of carbonyl (C=O) groups is 1. The maximum Gasteiger partial charge on any atom is 0.237 e. The third-order valence-corrected chi connectivity index (χ3v) is 5.71. The molecule has 1 N–H and O–H groups in total. The summed E-state index contributed by atoms with van der Waals surface area (Å²) in [5, 5.41) is 12.0. The van der Waals surface area contributed by atoms with Gasteiger partial charge in [-0.3, -0.25) is 9.36 Å². The maximum atomic E-state index is 12.7. The van der Waals surface area contributed by atoms with Crippen LogP contribution in [-0.2, 0) is 11.3 Å². The van der Waals surface area contributed by atoms with Gasteiger partial charge in [-0.2, -0.15) is 0 Å². The largest absolute Gasteiger partial charge is 0.497 e. The molecule has 158 valence electrons. The van der Waals surface area contributed by atoms with Gasteiger partial charge in [0.05, 0.1) is 25.2 Å². The van der Waals surface area contributed by atoms with Crippen molar-refractivity contribution in [1.29, 1.82) is 0 Å². The first-order valence-electron chi connectivity index (χ1n) is 9.76. The number of furan rings is 1. The molecule has 0 aliphatic heterocycles. The Hall–Kier alpha value is -3.52. The number of anilines is 1. The van der Waals surface area contributed by atoms with Gasteiger partial charge in [-0.25, -0.2) is 0 Å². The number of thioether (sulfide) groups is 1. The summed E-state index contributed by atoms with van der Waals surface area (Å²) >= 11 is 1.35. The van der Waals surface area contributed by atoms with Crippen LogP contribution in [0.1, 0.15) is 12.7 Å². The molecule has 1 amide bonds. The molecule has 2 aromatic carbocycles. The van der Waals surface area contributed by atoms with E-state index in [1.165, 1.54) is 11.8 Å². The van der Waals surface area contributed by atoms with Crippen molar-refractivity contribution >= 4 is 23.4 Å². The first-order valence-corrected chi connectivity index (χ1v) is 10.6. The van der Waals surface area contributed by atoms with Crippen molar-refractivity contribution in [2.45, 2.75) is 23.9 Å². The summed E-state index contributed by atoms with van der Waals surface area (Å²) in [6.07, 6.45) is 1.63. The molecule has 0 saturated carbocycles. The number of amides is 1. The Morgan fingerprint density at radius 1 is 1.13 bits per heavy atom. The van der Waals surface area contributed by atoms with Gasteiger partial charge in [0.15, 0.2) is 11.0 Å². The summed E-state index contributed by atoms with van der Waals surface area (Å²) in [5.74, 6) is 2.07. The SMILES string of the molecule is COc1cccc(-c2nnc(SC(C)C(=O)Nc3ccccc3)n2Cc2ccco2)c1. The molecule has 2 aromatic heterocycles. The summed E-state index contributed by atoms with van der Waals surface area (Å²) in [5.41, 5.74) is 1.63. The average molecular weight is 435 g/mol. The number of nitrogens with zero attached hydrogens (tertiary/aromatic N) is 3. The summed E-state index contributed by atoms with van der Waals surface area (Å²) in [7, 11) is 1.63. The van der Waals surface area contributed by atoms with Gasteiger partial charge in [-0.05, 0) is 43.3 Å². The number of aromatic nitrogens is 3. The predicted octanol–water partition coefficient (Wildman–Crippen LogP) is 4.71. The molecule has 8 heteroatoms. The van der Waals surface area contributed by atoms with Crippen LogP contribution in [-0.4, -0.2) is 33.0 Å². The van der Waals surface area contributed by atoms with E-state index in [1.807, 2.05) is 78.2 Å². The van der Waals surface area contributed by atoms with Gasteiger partial charge < -0.3 is 14.5 Å². The summed E-state index contributed by atoms with van der Waals surface area (Å²) < 4.78 is 12.8. The lowest BCUT2D eigenvalue weighted by molar-refractivity contribution is -0.115. The smallest absolute Gasteiger partial charge is 0.237 e. The highest BCUT2D eigenvalue weighted by molar-refractivity contribution is 8.00. The minimum Gasteiger partial charge on any atom is -0.497 e. The van der Waals surface area contributed by atoms with E-state index in [-0.39, 0.29) is 11.2 Å². The topological polar surface area (TPSA) is 82.2 Å². The number of hydrogen-bond donors (Lipinski definition) is 1. The lowest BCUT2D eigenvalue weighted by atomic mass is 10.2. The number of hydrogen-bond acceptors (Lipinski definition) is 6. The summed E-state index contributed by atoms with van der Waals surface area (Å²) in [6.45, 7) is 2.29. The third kappa shape index (κ3) is 4.97. The number of nitrogens with one attached hydrogen (secondary N) is 1. The zero-order valence-electron chi connectivity index (χ0n) is 17.2. The molecule has 4 aromatic rings. The molecule has 0 saturated heterocycles. The second kappa shape index (κ2) is 9.53. The van der Waals surface area contributed by atoms with Crippen LogP contribution in [0.4, 0.5) is 5.69 Å². The molecular formula is C23H22N4O3S. The van der Waals surface area contributed by atoms with Gasteiger partial charge in [0.2, 0.25) is 5.91 Å². The highest BCUT2D eigenvalue weighted by atomic mass is 32.2. The quantitative estimate of drug-likeness (QED) is 0.404. The first-order chi connectivity index (χ1) is 15.1. The zero-order chi connectivity index (χ0) is 21.6. The summed E-state index contributed by atoms with van der Waals surface area (Å²) in [4.78, 5) is 12.7. The number of ether oxygens (including phenoxy) is 1. The van der Waals surface area contributed by atoms with E-state index in [4.69, 9.17) is 9.15 Å². The lowest BCUT2D eigenvalue weighted by Gasteiger charge is -2.13. The van der Waals surface area contributed by atoms with Gasteiger partial charge in [-0.1, -0.05) is 42.1 Å². The Morgan fingerprint density at radius 3 is 2.71 bits per heavy atom. The molecular weight excluding hydrogens is 412 g/mol. The van der Waals surface area contributed by atoms with Crippen LogP contribution in [0.25, 0.3) is 11.4 Å². The Morgan fingerprint density at radius 2 is 1.97 bits per heavy atom. The van der Waals surface area contributed by atoms with Gasteiger partial charge in [0.25, 0.3) is 0 Å². The normalized spacial score (nSPS) is 11.8. The van der Waals surface area contributed by atoms with E-state index in [9.17, 15) is 4.79 Å². The summed E-state index contributed by atoms with van der Waals surface area (Å²) in [6, 6.07) is 20.8. The molecule has 2 heterocycles. The first kappa shape index (κ1) is 20.7. The zero-order valence-corrected chi connectivity index (χ0v) is 18.0. The van der Waals surface area contributed by atoms with Crippen LogP contribution >= 0.6 is 11.8 Å². The Labute approximate surface area is 184 Å². The highest BCUT2D eigenvalue weighted by Gasteiger charge is 2.22. The van der Waals surface area contributed by atoms with Crippen LogP contribution in [0, 0.1) is 0 Å². The lowest BCUT2D eigenvalue weighted by Crippen LogP contribution is -2.23. The number of carbonyl (C=O) groups excluding carboxylic acids is 1. The second-order valence-electron chi connectivity index (χ2n) is 6.82. The molecule has 0 aliphatic carbocycles. The van der Waals surface area contributed by atoms with Crippen molar-refractivity contribution < 1.29 is 13.9 Å². The van der Waals surface area contributed by atoms with Gasteiger partial charge in [0, 0.05) is 11.3 Å². The van der Waals surface area contributed by atoms with Crippen molar-refractivity contribution in [3.63, 3.8) is 0 Å². The van der Waals surface area contributed by atoms with E-state index >= 15 is 0 Å². The molecule has 0 spiro atoms. The van der Waals surface area contributed by atoms with E-state index in [0.717, 1.165) is 22.8 Å². The fraction of sp³-hybridized carbons (Fsp3) is 0.174. The van der Waals surface area contributed by atoms with Crippen LogP contribution in [0.3, 0.4) is 0 Å². The number of methoxy groups -OCH3 is 1. The van der Waals surface area contributed by atoms with Crippen molar-refractivity contribution in [2.75, 3.05) is 12.4 Å². The maximum absolute atomic E-state index is 12.7. The number of benzene rings is 2. The molecule has 0 fully saturated rings. The molecule has 1 atom stereocenters. The Balaban J connectivity index is 1.60. The van der Waals surface area contributed by atoms with Crippen LogP contribution in [0.2, 0.25) is 0 Å². The van der Waals surface area contributed by atoms with Crippen LogP contribution < -0.4 is 10.1 Å². The van der Waals surface area contributed by atoms with E-state index in [0.29, 0.717) is 17.5 Å². The minimum atomic E-state index is -0.377. The average Bonchev–Trinajstić information content (AvgIpc) is 3.45. The van der Waals surface area contributed by atoms with Crippen LogP contribution in [0.5, 0.6) is 5.75 Å². The van der Waals surface area contributed by atoms with Gasteiger partial charge in [0.1, 0.15) is 11.5 Å². The molecule has 0 bridgehead atoms. The number of rotatable bonds is 8. The standard InChI is InChI=1S/C23H22N4O3S/c1-16(22(28)24-18-9-4-3-5-10-18)31-23-26-25-21(17-8-6-11-19(14-17)29-2)27(23)15-20-12-7-13-30-20/h3-14,16H,15H2,1-2H3,(H,24,28). The van der Waals surface area contributed by atoms with E-state index in [1.54, 1.807) is 13.4 Å². The monoisotopic (exact) mass is 434 g/mol. The molecule has 4 rings (SSSR count). The minimum absolute atomic E-state index is 0.105. The van der Waals surface area contributed by atoms with Crippen LogP contribution in [0.15, 0.2) is 82.6 Å². The molecule has 0 aliphatic rings. The Kier molecular flexibility index (Phi) is 6.37. The molecule has 1 unspecified atom stereocenters. The van der Waals surface area contributed by atoms with Gasteiger partial charge in [-0.15, -0.1) is 10.2 Å². The third-order valence-electron chi connectivity index (χ3n) is 4.63. The molecule has 31 heavy (non-hydrogen) atoms. The molecule has 0 radical (unpaired) electrons. The van der Waals surface area contributed by atoms with Crippen molar-refractivity contribution in [1.82, 2.24) is 14.8 Å². The highest BCUT2D eigenvalue weighted by Crippen LogP contribution is 2.30.